The summed E-state index contributed by atoms with van der Waals surface area (Å²) >= 11 is 0. The third kappa shape index (κ3) is 8.05. The Bertz CT molecular complexity index is 732. The zero-order valence-corrected chi connectivity index (χ0v) is 17.7. The second kappa shape index (κ2) is 11.8. The molecule has 5 nitrogen and oxygen atoms in total. The summed E-state index contributed by atoms with van der Waals surface area (Å²) < 4.78 is 5.68. The molecule has 1 saturated heterocycles. The number of aliphatic hydroxyl groups excluding tert-OH is 1. The number of rotatable bonds is 8. The fourth-order valence-electron chi connectivity index (χ4n) is 3.70. The summed E-state index contributed by atoms with van der Waals surface area (Å²) in [7, 11) is 0. The van der Waals surface area contributed by atoms with E-state index in [9.17, 15) is 9.90 Å². The van der Waals surface area contributed by atoms with E-state index in [-0.39, 0.29) is 24.9 Å². The number of β-amino-alcohol motifs (C(OH)–C–C–N with tert-alkyl or cyclic N) is 1. The lowest BCUT2D eigenvalue weighted by molar-refractivity contribution is -0.114. The molecule has 0 bridgehead atoms. The van der Waals surface area contributed by atoms with Crippen molar-refractivity contribution in [1.82, 2.24) is 4.90 Å². The number of amides is 1. The van der Waals surface area contributed by atoms with Crippen LogP contribution in [0.4, 0.5) is 5.69 Å². The highest BCUT2D eigenvalue weighted by molar-refractivity contribution is 5.88. The van der Waals surface area contributed by atoms with Gasteiger partial charge in [0.1, 0.15) is 18.5 Å². The predicted molar refractivity (Wildman–Crippen MR) is 119 cm³/mol. The maximum atomic E-state index is 11.0. The van der Waals surface area contributed by atoms with Crippen molar-refractivity contribution in [3.05, 3.63) is 60.2 Å². The molecule has 1 amide bonds. The van der Waals surface area contributed by atoms with Gasteiger partial charge in [-0.05, 0) is 68.1 Å². The number of ether oxygens (including phenoxy) is 1. The van der Waals surface area contributed by atoms with Crippen LogP contribution in [-0.2, 0) is 11.2 Å². The highest BCUT2D eigenvalue weighted by atomic mass is 35.5. The molecule has 1 atom stereocenters. The first-order chi connectivity index (χ1) is 13.6. The molecule has 1 fully saturated rings. The zero-order valence-electron chi connectivity index (χ0n) is 16.9. The Balaban J connectivity index is 0.00000300. The molecule has 0 aliphatic carbocycles. The van der Waals surface area contributed by atoms with Gasteiger partial charge in [0.2, 0.25) is 5.91 Å². The van der Waals surface area contributed by atoms with Crippen LogP contribution in [0, 0.1) is 5.92 Å². The van der Waals surface area contributed by atoms with Crippen molar-refractivity contribution >= 4 is 24.0 Å². The molecular formula is C23H31ClN2O3. The van der Waals surface area contributed by atoms with E-state index < -0.39 is 6.10 Å². The number of anilines is 1. The Morgan fingerprint density at radius 1 is 1.14 bits per heavy atom. The van der Waals surface area contributed by atoms with Crippen LogP contribution < -0.4 is 10.1 Å². The van der Waals surface area contributed by atoms with Crippen LogP contribution in [-0.4, -0.2) is 48.3 Å². The normalized spacial score (nSPS) is 15.9. The Hall–Kier alpha value is -2.08. The van der Waals surface area contributed by atoms with Gasteiger partial charge in [0.25, 0.3) is 0 Å². The number of likely N-dealkylation sites (tertiary alicyclic amines) is 1. The quantitative estimate of drug-likeness (QED) is 0.685. The summed E-state index contributed by atoms with van der Waals surface area (Å²) in [5.74, 6) is 1.32. The Morgan fingerprint density at radius 3 is 2.41 bits per heavy atom. The number of benzene rings is 2. The standard InChI is InChI=1S/C23H30N2O3.ClH/c1-18(26)24-21-7-9-23(10-8-21)28-17-22(27)16-25-13-11-20(12-14-25)15-19-5-3-2-4-6-19;/h2-10,20,22,27H,11-17H2,1H3,(H,24,26);1H. The molecule has 0 spiro atoms. The summed E-state index contributed by atoms with van der Waals surface area (Å²) in [5.41, 5.74) is 2.15. The van der Waals surface area contributed by atoms with Crippen molar-refractivity contribution in [3.63, 3.8) is 0 Å². The smallest absolute Gasteiger partial charge is 0.221 e. The van der Waals surface area contributed by atoms with E-state index in [2.05, 4.69) is 40.5 Å². The molecule has 0 radical (unpaired) electrons. The molecular weight excluding hydrogens is 388 g/mol. The second-order valence-corrected chi connectivity index (χ2v) is 7.60. The number of hydrogen-bond donors (Lipinski definition) is 2. The van der Waals surface area contributed by atoms with Crippen molar-refractivity contribution < 1.29 is 14.6 Å². The van der Waals surface area contributed by atoms with E-state index >= 15 is 0 Å². The van der Waals surface area contributed by atoms with Gasteiger partial charge in [-0.25, -0.2) is 0 Å². The number of carbonyl (C=O) groups is 1. The number of nitrogens with zero attached hydrogens (tertiary/aromatic N) is 1. The lowest BCUT2D eigenvalue weighted by Gasteiger charge is -2.33. The minimum Gasteiger partial charge on any atom is -0.491 e. The molecule has 0 saturated carbocycles. The lowest BCUT2D eigenvalue weighted by atomic mass is 9.90. The predicted octanol–water partition coefficient (Wildman–Crippen LogP) is 3.76. The Morgan fingerprint density at radius 2 is 1.79 bits per heavy atom. The van der Waals surface area contributed by atoms with Gasteiger partial charge >= 0.3 is 0 Å². The first-order valence-electron chi connectivity index (χ1n) is 10.0. The number of carbonyl (C=O) groups excluding carboxylic acids is 1. The van der Waals surface area contributed by atoms with Gasteiger partial charge in [0, 0.05) is 19.2 Å². The van der Waals surface area contributed by atoms with Crippen molar-refractivity contribution in [2.45, 2.75) is 32.3 Å². The summed E-state index contributed by atoms with van der Waals surface area (Å²) in [6, 6.07) is 17.9. The van der Waals surface area contributed by atoms with E-state index in [4.69, 9.17) is 4.74 Å². The minimum absolute atomic E-state index is 0. The summed E-state index contributed by atoms with van der Waals surface area (Å²) in [6.07, 6.45) is 2.98. The van der Waals surface area contributed by atoms with Crippen molar-refractivity contribution in [2.24, 2.45) is 5.92 Å². The SMILES string of the molecule is CC(=O)Nc1ccc(OCC(O)CN2CCC(Cc3ccccc3)CC2)cc1.Cl. The van der Waals surface area contributed by atoms with Crippen LogP contribution in [0.15, 0.2) is 54.6 Å². The summed E-state index contributed by atoms with van der Waals surface area (Å²) in [5, 5.41) is 13.0. The summed E-state index contributed by atoms with van der Waals surface area (Å²) in [6.45, 7) is 4.44. The van der Waals surface area contributed by atoms with Gasteiger partial charge < -0.3 is 20.1 Å². The molecule has 1 aliphatic heterocycles. The molecule has 29 heavy (non-hydrogen) atoms. The summed E-state index contributed by atoms with van der Waals surface area (Å²) in [4.78, 5) is 13.4. The van der Waals surface area contributed by atoms with Gasteiger partial charge in [-0.2, -0.15) is 0 Å². The Kier molecular flexibility index (Phi) is 9.45. The fraction of sp³-hybridized carbons (Fsp3) is 0.435. The van der Waals surface area contributed by atoms with E-state index in [1.165, 1.54) is 25.3 Å². The zero-order chi connectivity index (χ0) is 19.8. The first kappa shape index (κ1) is 23.2. The molecule has 158 valence electrons. The number of nitrogens with one attached hydrogen (secondary N) is 1. The number of piperidine rings is 1. The number of hydrogen-bond acceptors (Lipinski definition) is 4. The van der Waals surface area contributed by atoms with Crippen LogP contribution in [0.5, 0.6) is 5.75 Å². The van der Waals surface area contributed by atoms with E-state index in [0.717, 1.165) is 31.1 Å². The number of aliphatic hydroxyl groups is 1. The van der Waals surface area contributed by atoms with Crippen LogP contribution >= 0.6 is 12.4 Å². The molecule has 0 aromatic heterocycles. The highest BCUT2D eigenvalue weighted by Crippen LogP contribution is 2.22. The monoisotopic (exact) mass is 418 g/mol. The first-order valence-corrected chi connectivity index (χ1v) is 10.0. The van der Waals surface area contributed by atoms with E-state index in [0.29, 0.717) is 12.3 Å². The van der Waals surface area contributed by atoms with Crippen molar-refractivity contribution in [2.75, 3.05) is 31.6 Å². The molecule has 3 rings (SSSR count). The average Bonchev–Trinajstić information content (AvgIpc) is 2.69. The van der Waals surface area contributed by atoms with Gasteiger partial charge in [0.05, 0.1) is 0 Å². The fourth-order valence-corrected chi connectivity index (χ4v) is 3.70. The number of halogens is 1. The van der Waals surface area contributed by atoms with Crippen molar-refractivity contribution in [1.29, 1.82) is 0 Å². The Labute approximate surface area is 179 Å². The maximum absolute atomic E-state index is 11.0. The molecule has 6 heteroatoms. The molecule has 1 aliphatic rings. The van der Waals surface area contributed by atoms with Gasteiger partial charge in [-0.3, -0.25) is 4.79 Å². The van der Waals surface area contributed by atoms with E-state index in [1.807, 2.05) is 0 Å². The maximum Gasteiger partial charge on any atom is 0.221 e. The molecule has 2 aromatic rings. The van der Waals surface area contributed by atoms with E-state index in [1.54, 1.807) is 24.3 Å². The van der Waals surface area contributed by atoms with Gasteiger partial charge in [-0.1, -0.05) is 30.3 Å². The third-order valence-corrected chi connectivity index (χ3v) is 5.16. The minimum atomic E-state index is -0.513. The van der Waals surface area contributed by atoms with Crippen LogP contribution in [0.3, 0.4) is 0 Å². The lowest BCUT2D eigenvalue weighted by Crippen LogP contribution is -2.41. The van der Waals surface area contributed by atoms with Gasteiger partial charge in [-0.15, -0.1) is 12.4 Å². The molecule has 2 aromatic carbocycles. The second-order valence-electron chi connectivity index (χ2n) is 7.60. The van der Waals surface area contributed by atoms with Crippen LogP contribution in [0.1, 0.15) is 25.3 Å². The van der Waals surface area contributed by atoms with Crippen molar-refractivity contribution in [3.8, 4) is 5.75 Å². The van der Waals surface area contributed by atoms with Gasteiger partial charge in [0.15, 0.2) is 0 Å². The largest absolute Gasteiger partial charge is 0.491 e. The average molecular weight is 419 g/mol. The topological polar surface area (TPSA) is 61.8 Å². The molecule has 1 heterocycles. The van der Waals surface area contributed by atoms with Crippen LogP contribution in [0.2, 0.25) is 0 Å². The molecule has 1 unspecified atom stereocenters. The molecule has 2 N–H and O–H groups in total. The third-order valence-electron chi connectivity index (χ3n) is 5.16. The highest BCUT2D eigenvalue weighted by Gasteiger charge is 2.21. The van der Waals surface area contributed by atoms with Crippen LogP contribution in [0.25, 0.3) is 0 Å².